The van der Waals surface area contributed by atoms with E-state index in [2.05, 4.69) is 10.6 Å². The summed E-state index contributed by atoms with van der Waals surface area (Å²) >= 11 is 0. The molecule has 0 aliphatic rings. The summed E-state index contributed by atoms with van der Waals surface area (Å²) in [7, 11) is 0. The van der Waals surface area contributed by atoms with Gasteiger partial charge in [0.05, 0.1) is 21.5 Å². The molecule has 2 aromatic rings. The maximum atomic E-state index is 13.3. The van der Waals surface area contributed by atoms with Crippen LogP contribution in [-0.2, 0) is 11.0 Å². The van der Waals surface area contributed by atoms with Crippen molar-refractivity contribution in [2.24, 2.45) is 0 Å². The van der Waals surface area contributed by atoms with Crippen LogP contribution in [-0.4, -0.2) is 15.8 Å². The van der Waals surface area contributed by atoms with Gasteiger partial charge in [-0.25, -0.2) is 0 Å². The summed E-state index contributed by atoms with van der Waals surface area (Å²) in [5.74, 6) is -0.360. The van der Waals surface area contributed by atoms with E-state index in [1.807, 2.05) is 0 Å². The van der Waals surface area contributed by atoms with E-state index in [0.717, 1.165) is 0 Å². The number of anilines is 3. The maximum Gasteiger partial charge on any atom is 0.418 e. The molecular formula is C15H11F3N4O5. The first-order valence-corrected chi connectivity index (χ1v) is 7.17. The molecule has 0 atom stereocenters. The van der Waals surface area contributed by atoms with Crippen LogP contribution >= 0.6 is 0 Å². The number of nitrogens with zero attached hydrogens (tertiary/aromatic N) is 2. The topological polar surface area (TPSA) is 127 Å². The zero-order valence-electron chi connectivity index (χ0n) is 13.5. The lowest BCUT2D eigenvalue weighted by Crippen LogP contribution is -2.12. The first kappa shape index (κ1) is 19.6. The summed E-state index contributed by atoms with van der Waals surface area (Å²) in [6.45, 7) is 1.27. The minimum Gasteiger partial charge on any atom is -0.349 e. The number of alkyl halides is 3. The second-order valence-corrected chi connectivity index (χ2v) is 5.28. The molecule has 2 aromatic carbocycles. The van der Waals surface area contributed by atoms with Crippen LogP contribution in [0.4, 0.5) is 41.6 Å². The summed E-state index contributed by atoms with van der Waals surface area (Å²) in [6, 6.07) is 5.99. The van der Waals surface area contributed by atoms with E-state index in [4.69, 9.17) is 0 Å². The molecule has 27 heavy (non-hydrogen) atoms. The SMILES string of the molecule is CC(=O)Nc1ccc(Nc2c([N+](=O)[O-])cc([N+](=O)[O-])cc2C(F)(F)F)cc1. The third-order valence-corrected chi connectivity index (χ3v) is 3.29. The van der Waals surface area contributed by atoms with E-state index in [0.29, 0.717) is 11.8 Å². The first-order chi connectivity index (χ1) is 12.5. The van der Waals surface area contributed by atoms with Gasteiger partial charge >= 0.3 is 6.18 Å². The molecule has 0 aliphatic carbocycles. The van der Waals surface area contributed by atoms with Gasteiger partial charge in [0.1, 0.15) is 5.69 Å². The van der Waals surface area contributed by atoms with Crippen LogP contribution in [0.1, 0.15) is 12.5 Å². The Kier molecular flexibility index (Phi) is 5.28. The van der Waals surface area contributed by atoms with Gasteiger partial charge in [-0.2, -0.15) is 13.2 Å². The molecule has 2 rings (SSSR count). The highest BCUT2D eigenvalue weighted by Crippen LogP contribution is 2.43. The Morgan fingerprint density at radius 3 is 2.00 bits per heavy atom. The molecule has 0 radical (unpaired) electrons. The smallest absolute Gasteiger partial charge is 0.349 e. The highest BCUT2D eigenvalue weighted by molar-refractivity contribution is 5.89. The summed E-state index contributed by atoms with van der Waals surface area (Å²) in [5, 5.41) is 26.7. The second kappa shape index (κ2) is 7.27. The van der Waals surface area contributed by atoms with Crippen LogP contribution in [0.15, 0.2) is 36.4 Å². The van der Waals surface area contributed by atoms with Gasteiger partial charge in [0.25, 0.3) is 11.4 Å². The molecule has 0 unspecified atom stereocenters. The van der Waals surface area contributed by atoms with Gasteiger partial charge in [-0.15, -0.1) is 0 Å². The fraction of sp³-hybridized carbons (Fsp3) is 0.133. The van der Waals surface area contributed by atoms with Crippen molar-refractivity contribution in [2.75, 3.05) is 10.6 Å². The van der Waals surface area contributed by atoms with Gasteiger partial charge in [0.2, 0.25) is 5.91 Å². The normalized spacial score (nSPS) is 11.0. The highest BCUT2D eigenvalue weighted by Gasteiger charge is 2.39. The fourth-order valence-electron chi connectivity index (χ4n) is 2.20. The number of benzene rings is 2. The van der Waals surface area contributed by atoms with Crippen molar-refractivity contribution in [3.05, 3.63) is 62.2 Å². The number of nitro benzene ring substituents is 2. The lowest BCUT2D eigenvalue weighted by molar-refractivity contribution is -0.394. The van der Waals surface area contributed by atoms with Crippen LogP contribution in [0, 0.1) is 20.2 Å². The predicted molar refractivity (Wildman–Crippen MR) is 88.8 cm³/mol. The second-order valence-electron chi connectivity index (χ2n) is 5.28. The molecule has 0 saturated carbocycles. The van der Waals surface area contributed by atoms with Crippen LogP contribution in [0.3, 0.4) is 0 Å². The Labute approximate surface area is 149 Å². The average molecular weight is 384 g/mol. The van der Waals surface area contributed by atoms with Crippen molar-refractivity contribution in [2.45, 2.75) is 13.1 Å². The molecule has 0 bridgehead atoms. The Morgan fingerprint density at radius 1 is 1.00 bits per heavy atom. The number of nitro groups is 2. The van der Waals surface area contributed by atoms with Gasteiger partial charge in [0, 0.05) is 24.4 Å². The van der Waals surface area contributed by atoms with Crippen molar-refractivity contribution < 1.29 is 27.8 Å². The van der Waals surface area contributed by atoms with E-state index < -0.39 is 38.6 Å². The molecule has 9 nitrogen and oxygen atoms in total. The number of amides is 1. The number of nitrogens with one attached hydrogen (secondary N) is 2. The van der Waals surface area contributed by atoms with Crippen molar-refractivity contribution >= 4 is 34.3 Å². The molecule has 0 spiro atoms. The number of hydrogen-bond donors (Lipinski definition) is 2. The number of hydrogen-bond acceptors (Lipinski definition) is 6. The molecule has 0 saturated heterocycles. The molecule has 0 aromatic heterocycles. The summed E-state index contributed by atoms with van der Waals surface area (Å²) in [5.41, 5.74) is -4.21. The monoisotopic (exact) mass is 384 g/mol. The predicted octanol–water partition coefficient (Wildman–Crippen LogP) is 4.22. The average Bonchev–Trinajstić information content (AvgIpc) is 2.54. The van der Waals surface area contributed by atoms with E-state index in [-0.39, 0.29) is 17.7 Å². The number of non-ortho nitro benzene ring substituents is 1. The first-order valence-electron chi connectivity index (χ1n) is 7.17. The van der Waals surface area contributed by atoms with E-state index in [9.17, 15) is 38.2 Å². The van der Waals surface area contributed by atoms with Crippen molar-refractivity contribution in [1.29, 1.82) is 0 Å². The van der Waals surface area contributed by atoms with Gasteiger partial charge in [-0.3, -0.25) is 25.0 Å². The molecule has 0 fully saturated rings. The summed E-state index contributed by atoms with van der Waals surface area (Å²) in [4.78, 5) is 30.7. The number of halogens is 3. The standard InChI is InChI=1S/C15H11F3N4O5/c1-8(23)19-9-2-4-10(5-3-9)20-14-12(15(16,17)18)6-11(21(24)25)7-13(14)22(26)27/h2-7,20H,1H3,(H,19,23). The van der Waals surface area contributed by atoms with Crippen LogP contribution in [0.2, 0.25) is 0 Å². The Hall–Kier alpha value is -3.70. The lowest BCUT2D eigenvalue weighted by Gasteiger charge is -2.15. The Balaban J connectivity index is 2.55. The summed E-state index contributed by atoms with van der Waals surface area (Å²) in [6.07, 6.45) is -5.07. The Bertz CT molecular complexity index is 913. The minimum absolute atomic E-state index is 0.0477. The third-order valence-electron chi connectivity index (χ3n) is 3.29. The minimum atomic E-state index is -5.07. The van der Waals surface area contributed by atoms with Gasteiger partial charge in [0.15, 0.2) is 0 Å². The largest absolute Gasteiger partial charge is 0.418 e. The van der Waals surface area contributed by atoms with E-state index in [1.165, 1.54) is 31.2 Å². The van der Waals surface area contributed by atoms with E-state index >= 15 is 0 Å². The van der Waals surface area contributed by atoms with Crippen LogP contribution in [0.5, 0.6) is 0 Å². The lowest BCUT2D eigenvalue weighted by atomic mass is 10.1. The quantitative estimate of drug-likeness (QED) is 0.587. The zero-order chi connectivity index (χ0) is 20.4. The van der Waals surface area contributed by atoms with Gasteiger partial charge in [-0.1, -0.05) is 0 Å². The van der Waals surface area contributed by atoms with Gasteiger partial charge < -0.3 is 10.6 Å². The van der Waals surface area contributed by atoms with Crippen molar-refractivity contribution in [3.8, 4) is 0 Å². The molecule has 1 amide bonds. The van der Waals surface area contributed by atoms with Crippen molar-refractivity contribution in [1.82, 2.24) is 0 Å². The number of carbonyl (C=O) groups is 1. The number of carbonyl (C=O) groups excluding carboxylic acids is 1. The molecule has 142 valence electrons. The molecule has 0 aliphatic heterocycles. The van der Waals surface area contributed by atoms with Crippen LogP contribution < -0.4 is 10.6 Å². The maximum absolute atomic E-state index is 13.3. The fourth-order valence-corrected chi connectivity index (χ4v) is 2.20. The highest BCUT2D eigenvalue weighted by atomic mass is 19.4. The number of rotatable bonds is 5. The van der Waals surface area contributed by atoms with Crippen molar-refractivity contribution in [3.63, 3.8) is 0 Å². The zero-order valence-corrected chi connectivity index (χ0v) is 13.5. The summed E-state index contributed by atoms with van der Waals surface area (Å²) < 4.78 is 39.9. The van der Waals surface area contributed by atoms with Crippen LogP contribution in [0.25, 0.3) is 0 Å². The Morgan fingerprint density at radius 2 is 1.56 bits per heavy atom. The molecule has 0 heterocycles. The van der Waals surface area contributed by atoms with E-state index in [1.54, 1.807) is 0 Å². The molecule has 12 heteroatoms. The third kappa shape index (κ3) is 4.68. The van der Waals surface area contributed by atoms with Gasteiger partial charge in [-0.05, 0) is 24.3 Å². The molecular weight excluding hydrogens is 373 g/mol. The molecule has 2 N–H and O–H groups in total.